The van der Waals surface area contributed by atoms with Gasteiger partial charge in [0.05, 0.1) is 18.6 Å². The van der Waals surface area contributed by atoms with Gasteiger partial charge in [-0.05, 0) is 43.4 Å². The molecule has 0 radical (unpaired) electrons. The Hall–Kier alpha value is -1.94. The summed E-state index contributed by atoms with van der Waals surface area (Å²) in [5.41, 5.74) is 3.08. The number of carbonyl (C=O) groups is 3. The predicted molar refractivity (Wildman–Crippen MR) is 116 cm³/mol. The first-order valence-corrected chi connectivity index (χ1v) is 11.8. The van der Waals surface area contributed by atoms with Crippen LogP contribution in [0.15, 0.2) is 0 Å². The summed E-state index contributed by atoms with van der Waals surface area (Å²) in [6, 6.07) is -1.14. The van der Waals surface area contributed by atoms with Crippen LogP contribution in [-0.2, 0) is 28.5 Å². The Labute approximate surface area is 194 Å². The Kier molecular flexibility index (Phi) is 9.90. The number of carbonyl (C=O) groups excluding carboxylic acids is 2. The molecule has 0 amide bonds. The molecule has 190 valence electrons. The van der Waals surface area contributed by atoms with E-state index in [-0.39, 0.29) is 24.9 Å². The van der Waals surface area contributed by atoms with Crippen molar-refractivity contribution in [1.82, 2.24) is 0 Å². The van der Waals surface area contributed by atoms with Gasteiger partial charge in [-0.15, -0.1) is 0 Å². The Bertz CT molecular complexity index is 689. The Balaban J connectivity index is 1.77. The maximum Gasteiger partial charge on any atom is 0.511 e. The van der Waals surface area contributed by atoms with E-state index in [2.05, 4.69) is 20.8 Å². The van der Waals surface area contributed by atoms with Gasteiger partial charge in [-0.25, -0.2) is 14.0 Å². The van der Waals surface area contributed by atoms with Crippen LogP contribution in [0.2, 0.25) is 0 Å². The average molecular weight is 476 g/mol. The molecule has 0 aromatic rings. The number of esters is 1. The molecule has 2 saturated carbocycles. The van der Waals surface area contributed by atoms with Crippen molar-refractivity contribution in [2.75, 3.05) is 13.4 Å². The minimum atomic E-state index is -2.50. The second-order valence-corrected chi connectivity index (χ2v) is 9.65. The van der Waals surface area contributed by atoms with Crippen molar-refractivity contribution in [1.29, 1.82) is 0 Å². The van der Waals surface area contributed by atoms with Crippen LogP contribution >= 0.6 is 0 Å². The molecule has 0 heterocycles. The Morgan fingerprint density at radius 2 is 1.91 bits per heavy atom. The van der Waals surface area contributed by atoms with E-state index in [1.807, 2.05) is 6.92 Å². The van der Waals surface area contributed by atoms with Gasteiger partial charge in [0.1, 0.15) is 6.10 Å². The van der Waals surface area contributed by atoms with Crippen LogP contribution in [0, 0.1) is 23.7 Å². The fourth-order valence-corrected chi connectivity index (χ4v) is 4.65. The molecular weight excluding hydrogens is 437 g/mol. The molecule has 9 nitrogen and oxygen atoms in total. The highest BCUT2D eigenvalue weighted by molar-refractivity contribution is 5.83. The van der Waals surface area contributed by atoms with Gasteiger partial charge in [-0.2, -0.15) is 0 Å². The minimum absolute atomic E-state index is 0.0293. The van der Waals surface area contributed by atoms with Gasteiger partial charge < -0.3 is 29.8 Å². The number of carboxylic acid groups (broad SMARTS) is 1. The minimum Gasteiger partial charge on any atom is -0.479 e. The quantitative estimate of drug-likeness (QED) is 0.321. The van der Waals surface area contributed by atoms with Crippen LogP contribution in [-0.4, -0.2) is 60.5 Å². The fourth-order valence-electron chi connectivity index (χ4n) is 4.65. The van der Waals surface area contributed by atoms with E-state index in [0.717, 1.165) is 19.3 Å². The molecule has 2 fully saturated rings. The lowest BCUT2D eigenvalue weighted by Crippen LogP contribution is -2.36. The summed E-state index contributed by atoms with van der Waals surface area (Å²) < 4.78 is 35.2. The van der Waals surface area contributed by atoms with E-state index in [1.165, 1.54) is 0 Å². The van der Waals surface area contributed by atoms with Crippen molar-refractivity contribution in [3.63, 3.8) is 0 Å². The number of carboxylic acids is 1. The van der Waals surface area contributed by atoms with E-state index in [1.54, 1.807) is 0 Å². The number of ether oxygens (including phenoxy) is 4. The van der Waals surface area contributed by atoms with E-state index in [9.17, 15) is 18.8 Å². The van der Waals surface area contributed by atoms with E-state index < -0.39 is 48.6 Å². The monoisotopic (exact) mass is 475 g/mol. The molecule has 0 aromatic carbocycles. The van der Waals surface area contributed by atoms with E-state index >= 15 is 0 Å². The molecule has 0 aromatic heterocycles. The van der Waals surface area contributed by atoms with E-state index in [4.69, 9.17) is 29.8 Å². The predicted octanol–water partition coefficient (Wildman–Crippen LogP) is 3.43. The molecule has 0 aliphatic heterocycles. The van der Waals surface area contributed by atoms with Crippen LogP contribution < -0.4 is 5.73 Å². The number of hydrogen-bond acceptors (Lipinski definition) is 8. The second kappa shape index (κ2) is 12.0. The smallest absolute Gasteiger partial charge is 0.479 e. The number of hydrogen-bond donors (Lipinski definition) is 2. The molecule has 0 spiro atoms. The summed E-state index contributed by atoms with van der Waals surface area (Å²) in [5, 5.41) is 9.02. The number of nitrogens with two attached hydrogens (primary N) is 1. The van der Waals surface area contributed by atoms with Crippen LogP contribution in [0.3, 0.4) is 0 Å². The zero-order valence-electron chi connectivity index (χ0n) is 20.0. The van der Waals surface area contributed by atoms with Gasteiger partial charge in [0, 0.05) is 12.5 Å². The van der Waals surface area contributed by atoms with Crippen molar-refractivity contribution < 1.29 is 42.8 Å². The third-order valence-corrected chi connectivity index (χ3v) is 6.75. The highest BCUT2D eigenvalue weighted by Crippen LogP contribution is 2.49. The highest BCUT2D eigenvalue weighted by atomic mass is 19.1. The fraction of sp³-hybridized carbons (Fsp3) is 0.870. The first-order valence-electron chi connectivity index (χ1n) is 11.8. The van der Waals surface area contributed by atoms with Crippen LogP contribution in [0.25, 0.3) is 0 Å². The molecule has 7 unspecified atom stereocenters. The molecule has 2 aliphatic carbocycles. The summed E-state index contributed by atoms with van der Waals surface area (Å²) in [7, 11) is 0. The lowest BCUT2D eigenvalue weighted by molar-refractivity contribution is -0.157. The topological polar surface area (TPSA) is 134 Å². The van der Waals surface area contributed by atoms with Gasteiger partial charge in [0.15, 0.2) is 0 Å². The zero-order valence-corrected chi connectivity index (χ0v) is 20.0. The van der Waals surface area contributed by atoms with Gasteiger partial charge in [0.25, 0.3) is 0 Å². The molecule has 2 rings (SSSR count). The van der Waals surface area contributed by atoms with E-state index in [0.29, 0.717) is 24.9 Å². The maximum atomic E-state index is 14.3. The summed E-state index contributed by atoms with van der Waals surface area (Å²) in [4.78, 5) is 35.4. The van der Waals surface area contributed by atoms with Crippen molar-refractivity contribution in [3.8, 4) is 0 Å². The van der Waals surface area contributed by atoms with Gasteiger partial charge in [-0.3, -0.25) is 4.79 Å². The number of alkyl halides is 1. The molecular formula is C23H38FNO8. The lowest BCUT2D eigenvalue weighted by Gasteiger charge is -2.36. The van der Waals surface area contributed by atoms with Crippen LogP contribution in [0.4, 0.5) is 9.18 Å². The van der Waals surface area contributed by atoms with Crippen molar-refractivity contribution >= 4 is 18.1 Å². The Morgan fingerprint density at radius 3 is 2.48 bits per heavy atom. The molecule has 3 N–H and O–H groups in total. The van der Waals surface area contributed by atoms with Gasteiger partial charge >= 0.3 is 18.1 Å². The highest BCUT2D eigenvalue weighted by Gasteiger charge is 2.70. The molecule has 33 heavy (non-hydrogen) atoms. The Morgan fingerprint density at radius 1 is 1.21 bits per heavy atom. The molecule has 7 atom stereocenters. The zero-order chi connectivity index (χ0) is 24.8. The van der Waals surface area contributed by atoms with Crippen LogP contribution in [0.5, 0.6) is 0 Å². The van der Waals surface area contributed by atoms with Crippen molar-refractivity contribution in [2.45, 2.75) is 90.1 Å². The number of rotatable bonds is 12. The second-order valence-electron chi connectivity index (χ2n) is 9.65. The molecule has 2 aliphatic rings. The summed E-state index contributed by atoms with van der Waals surface area (Å²) in [5.74, 6) is -2.19. The first-order chi connectivity index (χ1) is 15.5. The average Bonchev–Trinajstić information content (AvgIpc) is 3.26. The molecule has 0 saturated heterocycles. The standard InChI is InChI=1S/C23H38FNO8/c1-5-8-30-15(10-17-20(25)23(17,24)21(27)28)11-19(26)31-12-32-22(29)33-18-9-14(4)6-7-16(18)13(2)3/h13-18,20H,5-12,25H2,1-4H3,(H,27,28). The maximum absolute atomic E-state index is 14.3. The SMILES string of the molecule is CCCOC(CC(=O)OCOC(=O)OC1CC(C)CCC1C(C)C)CC1C(N)C1(F)C(=O)O. The summed E-state index contributed by atoms with van der Waals surface area (Å²) >= 11 is 0. The van der Waals surface area contributed by atoms with Gasteiger partial charge in [0.2, 0.25) is 12.5 Å². The van der Waals surface area contributed by atoms with Crippen LogP contribution in [0.1, 0.15) is 66.2 Å². The third kappa shape index (κ3) is 7.27. The number of aliphatic carboxylic acids is 1. The largest absolute Gasteiger partial charge is 0.511 e. The van der Waals surface area contributed by atoms with Crippen molar-refractivity contribution in [3.05, 3.63) is 0 Å². The van der Waals surface area contributed by atoms with Crippen molar-refractivity contribution in [2.24, 2.45) is 29.4 Å². The third-order valence-electron chi connectivity index (χ3n) is 6.75. The summed E-state index contributed by atoms with van der Waals surface area (Å²) in [6.45, 7) is 7.88. The van der Waals surface area contributed by atoms with Gasteiger partial charge in [-0.1, -0.05) is 34.1 Å². The number of halogens is 1. The molecule has 10 heteroatoms. The first kappa shape index (κ1) is 27.3. The molecule has 0 bridgehead atoms. The lowest BCUT2D eigenvalue weighted by atomic mass is 9.75. The summed E-state index contributed by atoms with van der Waals surface area (Å²) in [6.07, 6.45) is 1.35. The normalized spacial score (nSPS) is 32.2.